The first kappa shape index (κ1) is 32.6. The van der Waals surface area contributed by atoms with Gasteiger partial charge in [0.25, 0.3) is 0 Å². The molecule has 0 aliphatic heterocycles. The van der Waals surface area contributed by atoms with Gasteiger partial charge in [0, 0.05) is 30.9 Å². The number of anilines is 2. The number of amides is 2. The Morgan fingerprint density at radius 3 is 2.29 bits per heavy atom. The smallest absolute Gasteiger partial charge is 0.416 e. The standard InChI is InChI=1S/C31H47N7O4/c1-22(2)24-20-35-38-26(37(29(40)42-31(6,7)8)21-23-15-11-14-16-32-23)19-25(36-27(24)38)33-17-12-9-10-13-18-34-28(39)41-30(3,4)5/h11,14-16,19-20,22H,9-10,12-13,17-18,21H2,1-8H3,(H,33,36)(H,34,39). The average molecular weight is 582 g/mol. The molecule has 0 aliphatic rings. The minimum Gasteiger partial charge on any atom is -0.444 e. The summed E-state index contributed by atoms with van der Waals surface area (Å²) in [5.74, 6) is 1.39. The molecule has 42 heavy (non-hydrogen) atoms. The van der Waals surface area contributed by atoms with Gasteiger partial charge in [-0.1, -0.05) is 32.8 Å². The second kappa shape index (κ2) is 14.3. The fourth-order valence-corrected chi connectivity index (χ4v) is 4.19. The van der Waals surface area contributed by atoms with Crippen LogP contribution >= 0.6 is 0 Å². The lowest BCUT2D eigenvalue weighted by molar-refractivity contribution is 0.0524. The van der Waals surface area contributed by atoms with Crippen LogP contribution in [0, 0.1) is 0 Å². The predicted molar refractivity (Wildman–Crippen MR) is 165 cm³/mol. The molecule has 3 aromatic rings. The number of aromatic nitrogens is 4. The van der Waals surface area contributed by atoms with E-state index in [1.807, 2.05) is 65.8 Å². The molecule has 0 unspecified atom stereocenters. The van der Waals surface area contributed by atoms with Gasteiger partial charge in [-0.2, -0.15) is 9.61 Å². The summed E-state index contributed by atoms with van der Waals surface area (Å²) >= 11 is 0. The van der Waals surface area contributed by atoms with E-state index in [-0.39, 0.29) is 18.6 Å². The zero-order chi connectivity index (χ0) is 30.9. The van der Waals surface area contributed by atoms with Gasteiger partial charge >= 0.3 is 12.2 Å². The molecule has 11 nitrogen and oxygen atoms in total. The highest BCUT2D eigenvalue weighted by Gasteiger charge is 2.28. The fourth-order valence-electron chi connectivity index (χ4n) is 4.19. The third kappa shape index (κ3) is 10.2. The van der Waals surface area contributed by atoms with Gasteiger partial charge in [-0.3, -0.25) is 9.88 Å². The lowest BCUT2D eigenvalue weighted by Gasteiger charge is -2.27. The maximum absolute atomic E-state index is 13.5. The molecule has 0 fully saturated rings. The van der Waals surface area contributed by atoms with Crippen molar-refractivity contribution >= 4 is 29.5 Å². The Morgan fingerprint density at radius 2 is 1.67 bits per heavy atom. The number of hydrogen-bond acceptors (Lipinski definition) is 8. The summed E-state index contributed by atoms with van der Waals surface area (Å²) in [5, 5.41) is 10.8. The zero-order valence-corrected chi connectivity index (χ0v) is 26.4. The van der Waals surface area contributed by atoms with E-state index in [4.69, 9.17) is 14.5 Å². The molecule has 3 rings (SSSR count). The molecular weight excluding hydrogens is 534 g/mol. The van der Waals surface area contributed by atoms with Crippen LogP contribution in [-0.4, -0.2) is 56.1 Å². The molecule has 2 N–H and O–H groups in total. The van der Waals surface area contributed by atoms with Gasteiger partial charge in [0.15, 0.2) is 5.65 Å². The van der Waals surface area contributed by atoms with Gasteiger partial charge in [-0.15, -0.1) is 0 Å². The van der Waals surface area contributed by atoms with E-state index in [2.05, 4.69) is 34.6 Å². The van der Waals surface area contributed by atoms with Gasteiger partial charge in [0.1, 0.15) is 22.8 Å². The number of ether oxygens (including phenoxy) is 2. The number of carbonyl (C=O) groups is 2. The molecule has 0 bridgehead atoms. The van der Waals surface area contributed by atoms with Crippen molar-refractivity contribution in [3.8, 4) is 0 Å². The summed E-state index contributed by atoms with van der Waals surface area (Å²) in [7, 11) is 0. The highest BCUT2D eigenvalue weighted by Crippen LogP contribution is 2.28. The fraction of sp³-hybridized carbons (Fsp3) is 0.581. The molecule has 3 aromatic heterocycles. The normalized spacial score (nSPS) is 11.9. The van der Waals surface area contributed by atoms with E-state index < -0.39 is 17.3 Å². The molecule has 3 heterocycles. The van der Waals surface area contributed by atoms with Crippen molar-refractivity contribution in [2.75, 3.05) is 23.3 Å². The first-order valence-corrected chi connectivity index (χ1v) is 14.7. The van der Waals surface area contributed by atoms with E-state index in [1.54, 1.807) is 21.8 Å². The lowest BCUT2D eigenvalue weighted by atomic mass is 10.1. The van der Waals surface area contributed by atoms with Crippen molar-refractivity contribution in [1.29, 1.82) is 0 Å². The molecule has 0 spiro atoms. The maximum atomic E-state index is 13.5. The lowest BCUT2D eigenvalue weighted by Crippen LogP contribution is -2.38. The first-order valence-electron chi connectivity index (χ1n) is 14.7. The first-order chi connectivity index (χ1) is 19.7. The van der Waals surface area contributed by atoms with Gasteiger partial charge in [0.05, 0.1) is 18.4 Å². The Morgan fingerprint density at radius 1 is 0.976 bits per heavy atom. The maximum Gasteiger partial charge on any atom is 0.416 e. The van der Waals surface area contributed by atoms with E-state index in [1.165, 1.54) is 0 Å². The largest absolute Gasteiger partial charge is 0.444 e. The van der Waals surface area contributed by atoms with Crippen molar-refractivity contribution in [2.24, 2.45) is 0 Å². The van der Waals surface area contributed by atoms with Crippen molar-refractivity contribution in [2.45, 2.75) is 105 Å². The van der Waals surface area contributed by atoms with Crippen molar-refractivity contribution in [3.63, 3.8) is 0 Å². The number of unbranched alkanes of at least 4 members (excludes halogenated alkanes) is 3. The minimum atomic E-state index is -0.678. The van der Waals surface area contributed by atoms with Gasteiger partial charge < -0.3 is 20.1 Å². The molecule has 0 saturated heterocycles. The summed E-state index contributed by atoms with van der Waals surface area (Å²) in [6, 6.07) is 7.44. The van der Waals surface area contributed by atoms with E-state index in [9.17, 15) is 9.59 Å². The van der Waals surface area contributed by atoms with Crippen LogP contribution < -0.4 is 15.5 Å². The topological polar surface area (TPSA) is 123 Å². The third-order valence-corrected chi connectivity index (χ3v) is 6.12. The second-order valence-corrected chi connectivity index (χ2v) is 12.6. The molecule has 0 radical (unpaired) electrons. The van der Waals surface area contributed by atoms with Crippen LogP contribution in [0.5, 0.6) is 0 Å². The Hall–Kier alpha value is -3.89. The highest BCUT2D eigenvalue weighted by atomic mass is 16.6. The van der Waals surface area contributed by atoms with Gasteiger partial charge in [-0.25, -0.2) is 14.6 Å². The molecule has 0 aliphatic carbocycles. The van der Waals surface area contributed by atoms with Gasteiger partial charge in [-0.05, 0) is 72.4 Å². The van der Waals surface area contributed by atoms with Crippen LogP contribution in [0.25, 0.3) is 5.65 Å². The van der Waals surface area contributed by atoms with Crippen LogP contribution in [-0.2, 0) is 16.0 Å². The molecule has 230 valence electrons. The number of fused-ring (bicyclic) bond motifs is 1. The molecule has 0 aromatic carbocycles. The highest BCUT2D eigenvalue weighted by molar-refractivity contribution is 5.88. The van der Waals surface area contributed by atoms with Crippen molar-refractivity contribution in [1.82, 2.24) is 24.9 Å². The number of hydrogen-bond donors (Lipinski definition) is 2. The minimum absolute atomic E-state index is 0.193. The molecule has 0 saturated carbocycles. The zero-order valence-electron chi connectivity index (χ0n) is 26.4. The third-order valence-electron chi connectivity index (χ3n) is 6.12. The summed E-state index contributed by atoms with van der Waals surface area (Å²) < 4.78 is 12.8. The van der Waals surface area contributed by atoms with Crippen LogP contribution in [0.1, 0.15) is 98.2 Å². The second-order valence-electron chi connectivity index (χ2n) is 12.6. The number of carbonyl (C=O) groups excluding carboxylic acids is 2. The van der Waals surface area contributed by atoms with Gasteiger partial charge in [0.2, 0.25) is 0 Å². The summed E-state index contributed by atoms with van der Waals surface area (Å²) in [5.41, 5.74) is 1.22. The van der Waals surface area contributed by atoms with Crippen LogP contribution in [0.15, 0.2) is 36.7 Å². The average Bonchev–Trinajstić information content (AvgIpc) is 3.31. The number of nitrogens with one attached hydrogen (secondary N) is 2. The summed E-state index contributed by atoms with van der Waals surface area (Å²) in [6.45, 7) is 16.8. The molecule has 11 heteroatoms. The monoisotopic (exact) mass is 581 g/mol. The molecule has 0 atom stereocenters. The van der Waals surface area contributed by atoms with Crippen LogP contribution in [0.4, 0.5) is 21.2 Å². The quantitative estimate of drug-likeness (QED) is 0.227. The number of nitrogens with zero attached hydrogens (tertiary/aromatic N) is 5. The Balaban J connectivity index is 1.73. The Bertz CT molecular complexity index is 1310. The number of pyridine rings is 1. The van der Waals surface area contributed by atoms with E-state index >= 15 is 0 Å². The van der Waals surface area contributed by atoms with Crippen LogP contribution in [0.3, 0.4) is 0 Å². The SMILES string of the molecule is CC(C)c1cnn2c(N(Cc3ccccn3)C(=O)OC(C)(C)C)cc(NCCCCCCNC(=O)OC(C)(C)C)nc12. The number of rotatable bonds is 12. The Kier molecular flexibility index (Phi) is 11.1. The Labute approximate surface area is 249 Å². The van der Waals surface area contributed by atoms with E-state index in [0.717, 1.165) is 36.9 Å². The predicted octanol–water partition coefficient (Wildman–Crippen LogP) is 6.69. The van der Waals surface area contributed by atoms with Crippen LogP contribution in [0.2, 0.25) is 0 Å². The molecule has 2 amide bonds. The summed E-state index contributed by atoms with van der Waals surface area (Å²) in [6.07, 6.45) is 6.40. The van der Waals surface area contributed by atoms with Crippen molar-refractivity contribution in [3.05, 3.63) is 47.9 Å². The van der Waals surface area contributed by atoms with E-state index in [0.29, 0.717) is 30.4 Å². The van der Waals surface area contributed by atoms with Crippen molar-refractivity contribution < 1.29 is 19.1 Å². The molecular formula is C31H47N7O4. The summed E-state index contributed by atoms with van der Waals surface area (Å²) in [4.78, 5) is 36.2. The number of alkyl carbamates (subject to hydrolysis) is 1.